The second kappa shape index (κ2) is 6.26. The van der Waals surface area contributed by atoms with Crippen LogP contribution in [0.4, 0.5) is 5.69 Å². The molecule has 1 aliphatic rings. The van der Waals surface area contributed by atoms with Gasteiger partial charge in [-0.15, -0.1) is 0 Å². The van der Waals surface area contributed by atoms with Gasteiger partial charge in [0.1, 0.15) is 5.75 Å². The van der Waals surface area contributed by atoms with Crippen molar-refractivity contribution in [2.24, 2.45) is 11.8 Å². The maximum absolute atomic E-state index is 12.9. The summed E-state index contributed by atoms with van der Waals surface area (Å²) in [5.41, 5.74) is 6.22. The molecule has 118 valence electrons. The smallest absolute Gasteiger partial charge is 0.183 e. The van der Waals surface area contributed by atoms with Crippen LogP contribution in [-0.4, -0.2) is 20.3 Å². The molecule has 0 aromatic heterocycles. The number of hydrogen-bond donors (Lipinski definition) is 1. The number of nitrogen functional groups attached to an aromatic ring is 1. The van der Waals surface area contributed by atoms with Crippen molar-refractivity contribution in [3.63, 3.8) is 0 Å². The number of ether oxygens (including phenoxy) is 1. The Kier molecular flexibility index (Phi) is 4.81. The Balaban J connectivity index is 2.36. The van der Waals surface area contributed by atoms with Crippen LogP contribution in [0.15, 0.2) is 23.1 Å². The summed E-state index contributed by atoms with van der Waals surface area (Å²) < 4.78 is 31.2. The number of nitrogens with two attached hydrogens (primary N) is 1. The predicted octanol–water partition coefficient (Wildman–Crippen LogP) is 3.27. The van der Waals surface area contributed by atoms with Gasteiger partial charge in [0.15, 0.2) is 9.84 Å². The van der Waals surface area contributed by atoms with E-state index in [0.29, 0.717) is 42.7 Å². The Labute approximate surface area is 127 Å². The van der Waals surface area contributed by atoms with Gasteiger partial charge in [-0.3, -0.25) is 0 Å². The summed E-state index contributed by atoms with van der Waals surface area (Å²) in [6.45, 7) is 6.62. The minimum Gasteiger partial charge on any atom is -0.494 e. The molecule has 1 aromatic rings. The van der Waals surface area contributed by atoms with E-state index < -0.39 is 9.84 Å². The van der Waals surface area contributed by atoms with Crippen LogP contribution in [0.2, 0.25) is 0 Å². The minimum absolute atomic E-state index is 0.222. The van der Waals surface area contributed by atoms with Crippen molar-refractivity contribution in [1.82, 2.24) is 0 Å². The lowest BCUT2D eigenvalue weighted by molar-refractivity contribution is 0.301. The summed E-state index contributed by atoms with van der Waals surface area (Å²) in [5.74, 6) is 1.43. The highest BCUT2D eigenvalue weighted by Gasteiger charge is 2.35. The maximum atomic E-state index is 12.9. The predicted molar refractivity (Wildman–Crippen MR) is 85.2 cm³/mol. The van der Waals surface area contributed by atoms with Crippen LogP contribution in [0.3, 0.4) is 0 Å². The molecule has 0 saturated heterocycles. The lowest BCUT2D eigenvalue weighted by Gasteiger charge is -2.31. The van der Waals surface area contributed by atoms with Gasteiger partial charge in [-0.1, -0.05) is 13.8 Å². The van der Waals surface area contributed by atoms with E-state index in [4.69, 9.17) is 10.5 Å². The van der Waals surface area contributed by atoms with E-state index in [-0.39, 0.29) is 10.1 Å². The average molecular weight is 311 g/mol. The molecule has 0 aliphatic heterocycles. The summed E-state index contributed by atoms with van der Waals surface area (Å²) in [7, 11) is -3.40. The quantitative estimate of drug-likeness (QED) is 0.866. The average Bonchev–Trinajstić information content (AvgIpc) is 2.40. The molecule has 2 atom stereocenters. The van der Waals surface area contributed by atoms with Gasteiger partial charge in [0.05, 0.1) is 22.4 Å². The first kappa shape index (κ1) is 16.1. The molecule has 5 heteroatoms. The zero-order valence-corrected chi connectivity index (χ0v) is 13.8. The van der Waals surface area contributed by atoms with E-state index in [1.807, 2.05) is 6.92 Å². The molecule has 0 spiro atoms. The minimum atomic E-state index is -3.40. The SMILES string of the molecule is CCOc1ccc(N)c(S(=O)(=O)C2CC(C)CC(C)C2)c1. The standard InChI is InChI=1S/C16H25NO3S/c1-4-20-13-5-6-15(17)16(10-13)21(18,19)14-8-11(2)7-12(3)9-14/h5-6,10-12,14H,4,7-9,17H2,1-3H3. The Morgan fingerprint density at radius 1 is 1.19 bits per heavy atom. The summed E-state index contributed by atoms with van der Waals surface area (Å²) in [6.07, 6.45) is 2.52. The summed E-state index contributed by atoms with van der Waals surface area (Å²) in [4.78, 5) is 0.222. The first-order chi connectivity index (χ1) is 9.84. The molecule has 1 aromatic carbocycles. The van der Waals surface area contributed by atoms with Crippen molar-refractivity contribution >= 4 is 15.5 Å². The van der Waals surface area contributed by atoms with Crippen molar-refractivity contribution < 1.29 is 13.2 Å². The van der Waals surface area contributed by atoms with Crippen LogP contribution >= 0.6 is 0 Å². The summed E-state index contributed by atoms with van der Waals surface area (Å²) >= 11 is 0. The molecule has 1 saturated carbocycles. The van der Waals surface area contributed by atoms with Gasteiger partial charge in [-0.05, 0) is 50.2 Å². The van der Waals surface area contributed by atoms with Crippen LogP contribution in [0, 0.1) is 11.8 Å². The van der Waals surface area contributed by atoms with Gasteiger partial charge < -0.3 is 10.5 Å². The molecule has 2 N–H and O–H groups in total. The summed E-state index contributed by atoms with van der Waals surface area (Å²) in [5, 5.41) is -0.338. The van der Waals surface area contributed by atoms with Crippen LogP contribution in [0.25, 0.3) is 0 Å². The molecule has 0 radical (unpaired) electrons. The summed E-state index contributed by atoms with van der Waals surface area (Å²) in [6, 6.07) is 4.90. The Bertz CT molecular complexity index is 588. The van der Waals surface area contributed by atoms with E-state index in [9.17, 15) is 8.42 Å². The van der Waals surface area contributed by atoms with Crippen molar-refractivity contribution in [3.05, 3.63) is 18.2 Å². The zero-order chi connectivity index (χ0) is 15.6. The van der Waals surface area contributed by atoms with Gasteiger partial charge in [-0.25, -0.2) is 8.42 Å². The van der Waals surface area contributed by atoms with Gasteiger partial charge >= 0.3 is 0 Å². The van der Waals surface area contributed by atoms with Crippen molar-refractivity contribution in [3.8, 4) is 5.75 Å². The third-order valence-corrected chi connectivity index (χ3v) is 6.41. The van der Waals surface area contributed by atoms with Crippen molar-refractivity contribution in [2.75, 3.05) is 12.3 Å². The Morgan fingerprint density at radius 3 is 2.38 bits per heavy atom. The molecule has 4 nitrogen and oxygen atoms in total. The molecule has 21 heavy (non-hydrogen) atoms. The maximum Gasteiger partial charge on any atom is 0.183 e. The van der Waals surface area contributed by atoms with Gasteiger partial charge in [-0.2, -0.15) is 0 Å². The highest BCUT2D eigenvalue weighted by Crippen LogP contribution is 2.37. The largest absolute Gasteiger partial charge is 0.494 e. The van der Waals surface area contributed by atoms with Crippen molar-refractivity contribution in [2.45, 2.75) is 50.2 Å². The number of rotatable bonds is 4. The molecule has 1 fully saturated rings. The van der Waals surface area contributed by atoms with Gasteiger partial charge in [0.2, 0.25) is 0 Å². The van der Waals surface area contributed by atoms with Crippen LogP contribution in [0.1, 0.15) is 40.0 Å². The fraction of sp³-hybridized carbons (Fsp3) is 0.625. The van der Waals surface area contributed by atoms with Gasteiger partial charge in [0.25, 0.3) is 0 Å². The third kappa shape index (κ3) is 3.51. The molecular formula is C16H25NO3S. The van der Waals surface area contributed by atoms with Crippen molar-refractivity contribution in [1.29, 1.82) is 0 Å². The fourth-order valence-electron chi connectivity index (χ4n) is 3.32. The zero-order valence-electron chi connectivity index (χ0n) is 13.0. The van der Waals surface area contributed by atoms with Crippen LogP contribution in [-0.2, 0) is 9.84 Å². The van der Waals surface area contributed by atoms with Crippen LogP contribution in [0.5, 0.6) is 5.75 Å². The molecule has 1 aliphatic carbocycles. The molecule has 2 rings (SSSR count). The highest BCUT2D eigenvalue weighted by atomic mass is 32.2. The molecule has 0 amide bonds. The molecule has 0 bridgehead atoms. The lowest BCUT2D eigenvalue weighted by atomic mass is 9.83. The molecule has 0 heterocycles. The highest BCUT2D eigenvalue weighted by molar-refractivity contribution is 7.92. The lowest BCUT2D eigenvalue weighted by Crippen LogP contribution is -2.31. The molecular weight excluding hydrogens is 286 g/mol. The normalized spacial score (nSPS) is 26.5. The second-order valence-corrected chi connectivity index (χ2v) is 8.41. The van der Waals surface area contributed by atoms with E-state index in [1.54, 1.807) is 18.2 Å². The number of hydrogen-bond acceptors (Lipinski definition) is 4. The van der Waals surface area contributed by atoms with E-state index in [2.05, 4.69) is 13.8 Å². The number of benzene rings is 1. The third-order valence-electron chi connectivity index (χ3n) is 4.18. The topological polar surface area (TPSA) is 69.4 Å². The van der Waals surface area contributed by atoms with E-state index in [0.717, 1.165) is 6.42 Å². The Morgan fingerprint density at radius 2 is 1.81 bits per heavy atom. The Hall–Kier alpha value is -1.23. The molecule has 2 unspecified atom stereocenters. The first-order valence-electron chi connectivity index (χ1n) is 7.60. The monoisotopic (exact) mass is 311 g/mol. The van der Waals surface area contributed by atoms with Gasteiger partial charge in [0, 0.05) is 6.07 Å². The van der Waals surface area contributed by atoms with Crippen LogP contribution < -0.4 is 10.5 Å². The second-order valence-electron chi connectivity index (χ2n) is 6.22. The first-order valence-corrected chi connectivity index (χ1v) is 9.15. The van der Waals surface area contributed by atoms with E-state index >= 15 is 0 Å². The fourth-order valence-corrected chi connectivity index (χ4v) is 5.52. The number of sulfone groups is 1. The number of anilines is 1. The van der Waals surface area contributed by atoms with E-state index in [1.165, 1.54) is 0 Å².